The van der Waals surface area contributed by atoms with Gasteiger partial charge in [-0.05, 0) is 11.1 Å². The Balaban J connectivity index is 2.22. The van der Waals surface area contributed by atoms with Crippen LogP contribution >= 0.6 is 15.9 Å². The fourth-order valence-corrected chi connectivity index (χ4v) is 3.03. The van der Waals surface area contributed by atoms with Crippen LogP contribution in [0.3, 0.4) is 0 Å². The van der Waals surface area contributed by atoms with Crippen molar-refractivity contribution in [2.75, 3.05) is 18.5 Å². The molecule has 8 nitrogen and oxygen atoms in total. The molecule has 2 amide bonds. The van der Waals surface area contributed by atoms with Crippen molar-refractivity contribution in [3.63, 3.8) is 0 Å². The first kappa shape index (κ1) is 18.7. The molecule has 3 N–H and O–H groups in total. The summed E-state index contributed by atoms with van der Waals surface area (Å²) >= 11 is 3.25. The quantitative estimate of drug-likeness (QED) is 0.644. The molecule has 0 aromatic carbocycles. The van der Waals surface area contributed by atoms with Crippen molar-refractivity contribution in [2.45, 2.75) is 38.3 Å². The summed E-state index contributed by atoms with van der Waals surface area (Å²) < 4.78 is 10.6. The molecular weight excluding hydrogens is 382 g/mol. The monoisotopic (exact) mass is 403 g/mol. The minimum absolute atomic E-state index is 0.0801. The number of rotatable bonds is 7. The van der Waals surface area contributed by atoms with Crippen LogP contribution < -0.4 is 10.5 Å². The minimum atomic E-state index is -0.805. The molecule has 1 unspecified atom stereocenters. The van der Waals surface area contributed by atoms with Crippen LogP contribution in [0.4, 0.5) is 0 Å². The summed E-state index contributed by atoms with van der Waals surface area (Å²) in [7, 11) is 0. The average molecular weight is 404 g/mol. The molecule has 1 aliphatic rings. The Morgan fingerprint density at radius 3 is 2.88 bits per heavy atom. The maximum Gasteiger partial charge on any atom is 0.254 e. The average Bonchev–Trinajstić information content (AvgIpc) is 3.11. The molecule has 3 atom stereocenters. The Hall–Kier alpha value is -1.61. The summed E-state index contributed by atoms with van der Waals surface area (Å²) in [5.41, 5.74) is 5.36. The van der Waals surface area contributed by atoms with Crippen LogP contribution in [0.15, 0.2) is 10.6 Å². The van der Waals surface area contributed by atoms with Gasteiger partial charge < -0.3 is 25.0 Å². The standard InChI is InChI=1S/C15H22BrN3O5/c1-8(2)13(11-6-12(18-24-11)23-4-3-16)15(22)19-7-9(20)5-10(19)14(17)21/h6,8-10,13,20H,3-5,7H2,1-2H3,(H2,17,21)/t9-,10+,13?/m0/s1. The molecule has 1 aromatic heterocycles. The summed E-state index contributed by atoms with van der Waals surface area (Å²) in [6.45, 7) is 4.25. The summed E-state index contributed by atoms with van der Waals surface area (Å²) in [6.07, 6.45) is -0.603. The fourth-order valence-electron chi connectivity index (χ4n) is 2.87. The first-order chi connectivity index (χ1) is 11.3. The van der Waals surface area contributed by atoms with Gasteiger partial charge in [0.1, 0.15) is 12.0 Å². The van der Waals surface area contributed by atoms with E-state index in [0.717, 1.165) is 0 Å². The Morgan fingerprint density at radius 2 is 2.29 bits per heavy atom. The second kappa shape index (κ2) is 7.98. The number of hydrogen-bond acceptors (Lipinski definition) is 6. The first-order valence-electron chi connectivity index (χ1n) is 7.78. The zero-order valence-corrected chi connectivity index (χ0v) is 15.2. The van der Waals surface area contributed by atoms with Gasteiger partial charge in [-0.2, -0.15) is 0 Å². The van der Waals surface area contributed by atoms with Gasteiger partial charge in [-0.15, -0.1) is 0 Å². The Kier molecular flexibility index (Phi) is 6.22. The topological polar surface area (TPSA) is 119 Å². The molecule has 24 heavy (non-hydrogen) atoms. The van der Waals surface area contributed by atoms with E-state index in [4.69, 9.17) is 15.0 Å². The van der Waals surface area contributed by atoms with Crippen LogP contribution in [-0.4, -0.2) is 57.6 Å². The smallest absolute Gasteiger partial charge is 0.254 e. The van der Waals surface area contributed by atoms with Crippen molar-refractivity contribution in [2.24, 2.45) is 11.7 Å². The maximum absolute atomic E-state index is 12.9. The van der Waals surface area contributed by atoms with E-state index in [0.29, 0.717) is 23.6 Å². The molecule has 1 aromatic rings. The van der Waals surface area contributed by atoms with E-state index in [1.54, 1.807) is 6.07 Å². The Bertz CT molecular complexity index is 591. The number of β-amino-alcohol motifs (C(OH)–C–C–N with tert-alkyl or cyclic N) is 1. The number of hydrogen-bond donors (Lipinski definition) is 2. The number of ether oxygens (including phenoxy) is 1. The molecule has 1 fully saturated rings. The lowest BCUT2D eigenvalue weighted by molar-refractivity contribution is -0.139. The number of primary amides is 1. The van der Waals surface area contributed by atoms with Crippen LogP contribution in [0.5, 0.6) is 5.88 Å². The first-order valence-corrected chi connectivity index (χ1v) is 8.90. The molecule has 0 saturated carbocycles. The van der Waals surface area contributed by atoms with Gasteiger partial charge in [0.15, 0.2) is 5.76 Å². The lowest BCUT2D eigenvalue weighted by Crippen LogP contribution is -2.46. The molecule has 0 radical (unpaired) electrons. The fraction of sp³-hybridized carbons (Fsp3) is 0.667. The third kappa shape index (κ3) is 4.07. The molecular formula is C15H22BrN3O5. The van der Waals surface area contributed by atoms with Gasteiger partial charge in [0, 0.05) is 24.4 Å². The molecule has 0 aliphatic carbocycles. The van der Waals surface area contributed by atoms with Crippen molar-refractivity contribution >= 4 is 27.7 Å². The van der Waals surface area contributed by atoms with Crippen LogP contribution in [0, 0.1) is 5.92 Å². The second-order valence-electron chi connectivity index (χ2n) is 6.12. The maximum atomic E-state index is 12.9. The van der Waals surface area contributed by atoms with Crippen molar-refractivity contribution < 1.29 is 24.0 Å². The molecule has 134 valence electrons. The summed E-state index contributed by atoms with van der Waals surface area (Å²) in [6, 6.07) is 0.776. The SMILES string of the molecule is CC(C)C(C(=O)N1C[C@@H](O)C[C@@H]1C(N)=O)c1cc(OCCBr)no1. The highest BCUT2D eigenvalue weighted by Crippen LogP contribution is 2.32. The number of alkyl halides is 1. The van der Waals surface area contributed by atoms with Crippen molar-refractivity contribution in [3.05, 3.63) is 11.8 Å². The Labute approximate surface area is 148 Å². The minimum Gasteiger partial charge on any atom is -0.475 e. The van der Waals surface area contributed by atoms with E-state index in [-0.39, 0.29) is 24.8 Å². The molecule has 0 bridgehead atoms. The van der Waals surface area contributed by atoms with Gasteiger partial charge in [-0.25, -0.2) is 0 Å². The predicted octanol–water partition coefficient (Wildman–Crippen LogP) is 0.635. The van der Waals surface area contributed by atoms with Crippen LogP contribution in [0.2, 0.25) is 0 Å². The highest BCUT2D eigenvalue weighted by Gasteiger charge is 2.42. The number of carbonyl (C=O) groups excluding carboxylic acids is 2. The van der Waals surface area contributed by atoms with Gasteiger partial charge in [-0.3, -0.25) is 9.59 Å². The summed E-state index contributed by atoms with van der Waals surface area (Å²) in [4.78, 5) is 25.8. The summed E-state index contributed by atoms with van der Waals surface area (Å²) in [5.74, 6) is -0.999. The van der Waals surface area contributed by atoms with Crippen molar-refractivity contribution in [1.82, 2.24) is 10.1 Å². The van der Waals surface area contributed by atoms with Gasteiger partial charge >= 0.3 is 0 Å². The lowest BCUT2D eigenvalue weighted by Gasteiger charge is -2.27. The predicted molar refractivity (Wildman–Crippen MR) is 88.7 cm³/mol. The van der Waals surface area contributed by atoms with Gasteiger partial charge in [0.25, 0.3) is 5.88 Å². The van der Waals surface area contributed by atoms with E-state index in [1.165, 1.54) is 4.90 Å². The molecule has 2 rings (SSSR count). The van der Waals surface area contributed by atoms with E-state index in [9.17, 15) is 14.7 Å². The number of aromatic nitrogens is 1. The van der Waals surface area contributed by atoms with Gasteiger partial charge in [-0.1, -0.05) is 29.8 Å². The highest BCUT2D eigenvalue weighted by molar-refractivity contribution is 9.09. The van der Waals surface area contributed by atoms with E-state index in [1.807, 2.05) is 13.8 Å². The van der Waals surface area contributed by atoms with E-state index < -0.39 is 24.0 Å². The van der Waals surface area contributed by atoms with Gasteiger partial charge in [0.2, 0.25) is 11.8 Å². The second-order valence-corrected chi connectivity index (χ2v) is 6.92. The van der Waals surface area contributed by atoms with Crippen LogP contribution in [0.1, 0.15) is 31.9 Å². The number of amides is 2. The van der Waals surface area contributed by atoms with E-state index >= 15 is 0 Å². The number of likely N-dealkylation sites (tertiary alicyclic amines) is 1. The zero-order chi connectivity index (χ0) is 17.9. The van der Waals surface area contributed by atoms with Crippen LogP contribution in [0.25, 0.3) is 0 Å². The van der Waals surface area contributed by atoms with Crippen molar-refractivity contribution in [3.8, 4) is 5.88 Å². The Morgan fingerprint density at radius 1 is 1.58 bits per heavy atom. The van der Waals surface area contributed by atoms with E-state index in [2.05, 4.69) is 21.1 Å². The molecule has 2 heterocycles. The molecule has 9 heteroatoms. The zero-order valence-electron chi connectivity index (χ0n) is 13.6. The molecule has 1 saturated heterocycles. The number of carbonyl (C=O) groups is 2. The number of nitrogens with two attached hydrogens (primary N) is 1. The summed E-state index contributed by atoms with van der Waals surface area (Å²) in [5, 5.41) is 14.2. The number of nitrogens with zero attached hydrogens (tertiary/aromatic N) is 2. The molecule has 1 aliphatic heterocycles. The highest BCUT2D eigenvalue weighted by atomic mass is 79.9. The largest absolute Gasteiger partial charge is 0.475 e. The molecule has 0 spiro atoms. The number of halogens is 1. The normalized spacial score (nSPS) is 22.0. The number of aliphatic hydroxyl groups excluding tert-OH is 1. The number of aliphatic hydroxyl groups is 1. The van der Waals surface area contributed by atoms with Crippen molar-refractivity contribution in [1.29, 1.82) is 0 Å². The third-order valence-electron chi connectivity index (χ3n) is 3.96. The third-order valence-corrected chi connectivity index (χ3v) is 4.29. The van der Waals surface area contributed by atoms with Crippen LogP contribution in [-0.2, 0) is 9.59 Å². The van der Waals surface area contributed by atoms with Gasteiger partial charge in [0.05, 0.1) is 12.7 Å². The lowest BCUT2D eigenvalue weighted by atomic mass is 9.91.